The number of pyridine rings is 1. The fourth-order valence-electron chi connectivity index (χ4n) is 2.75. The molecule has 0 aliphatic carbocycles. The van der Waals surface area contributed by atoms with E-state index in [-0.39, 0.29) is 16.9 Å². The number of aryl methyl sites for hydroxylation is 1. The van der Waals surface area contributed by atoms with E-state index in [0.29, 0.717) is 11.9 Å². The van der Waals surface area contributed by atoms with Crippen molar-refractivity contribution >= 4 is 16.8 Å². The maximum Gasteiger partial charge on any atom is 0.256 e. The molecule has 0 unspecified atom stereocenters. The van der Waals surface area contributed by atoms with Crippen molar-refractivity contribution in [1.29, 1.82) is 0 Å². The third kappa shape index (κ3) is 3.60. The molecule has 1 aliphatic rings. The van der Waals surface area contributed by atoms with Gasteiger partial charge < -0.3 is 15.0 Å². The molecule has 0 atom stereocenters. The Morgan fingerprint density at radius 2 is 2.13 bits per heavy atom. The molecule has 23 heavy (non-hydrogen) atoms. The average molecular weight is 315 g/mol. The number of ether oxygens (including phenoxy) is 1. The third-order valence-corrected chi connectivity index (χ3v) is 4.10. The van der Waals surface area contributed by atoms with Crippen LogP contribution in [0.15, 0.2) is 29.2 Å². The van der Waals surface area contributed by atoms with Gasteiger partial charge in [-0.3, -0.25) is 14.5 Å². The van der Waals surface area contributed by atoms with Crippen LogP contribution in [0.2, 0.25) is 0 Å². The van der Waals surface area contributed by atoms with E-state index in [1.165, 1.54) is 6.20 Å². The van der Waals surface area contributed by atoms with Crippen LogP contribution in [0.1, 0.15) is 15.9 Å². The molecule has 0 saturated carbocycles. The zero-order chi connectivity index (χ0) is 16.2. The summed E-state index contributed by atoms with van der Waals surface area (Å²) in [5, 5.41) is 3.37. The van der Waals surface area contributed by atoms with Gasteiger partial charge in [0.1, 0.15) is 5.56 Å². The van der Waals surface area contributed by atoms with Crippen LogP contribution in [0.4, 0.5) is 0 Å². The molecule has 1 amide bonds. The van der Waals surface area contributed by atoms with Gasteiger partial charge in [0.15, 0.2) is 0 Å². The van der Waals surface area contributed by atoms with E-state index < -0.39 is 0 Å². The van der Waals surface area contributed by atoms with Crippen molar-refractivity contribution in [3.63, 3.8) is 0 Å². The number of aromatic amines is 1. The summed E-state index contributed by atoms with van der Waals surface area (Å²) in [5.74, 6) is -0.331. The maximum absolute atomic E-state index is 12.5. The van der Waals surface area contributed by atoms with Crippen molar-refractivity contribution in [2.45, 2.75) is 6.92 Å². The Morgan fingerprint density at radius 1 is 1.35 bits per heavy atom. The van der Waals surface area contributed by atoms with E-state index in [1.54, 1.807) is 6.07 Å². The third-order valence-electron chi connectivity index (χ3n) is 4.10. The first-order valence-corrected chi connectivity index (χ1v) is 7.85. The number of hydrogen-bond donors (Lipinski definition) is 2. The number of nitrogens with zero attached hydrogens (tertiary/aromatic N) is 1. The van der Waals surface area contributed by atoms with Crippen molar-refractivity contribution in [1.82, 2.24) is 15.2 Å². The first kappa shape index (κ1) is 15.7. The van der Waals surface area contributed by atoms with Gasteiger partial charge in [-0.25, -0.2) is 0 Å². The van der Waals surface area contributed by atoms with Gasteiger partial charge in [-0.1, -0.05) is 11.6 Å². The number of benzene rings is 1. The molecule has 2 heterocycles. The summed E-state index contributed by atoms with van der Waals surface area (Å²) in [7, 11) is 0. The van der Waals surface area contributed by atoms with Crippen molar-refractivity contribution in [2.24, 2.45) is 0 Å². The Labute approximate surface area is 134 Å². The first-order chi connectivity index (χ1) is 11.1. The monoisotopic (exact) mass is 315 g/mol. The summed E-state index contributed by atoms with van der Waals surface area (Å²) in [5.41, 5.74) is 1.66. The van der Waals surface area contributed by atoms with Crippen LogP contribution in [-0.2, 0) is 4.74 Å². The van der Waals surface area contributed by atoms with Gasteiger partial charge in [0, 0.05) is 43.3 Å². The number of aromatic nitrogens is 1. The molecular weight excluding hydrogens is 294 g/mol. The summed E-state index contributed by atoms with van der Waals surface area (Å²) in [6, 6.07) is 5.59. The second kappa shape index (κ2) is 6.93. The van der Waals surface area contributed by atoms with Crippen LogP contribution in [0.25, 0.3) is 10.9 Å². The van der Waals surface area contributed by atoms with Crippen molar-refractivity contribution in [3.05, 3.63) is 45.7 Å². The number of amides is 1. The van der Waals surface area contributed by atoms with Gasteiger partial charge in [-0.15, -0.1) is 0 Å². The van der Waals surface area contributed by atoms with Gasteiger partial charge in [0.25, 0.3) is 5.91 Å². The number of carbonyl (C=O) groups excluding carboxylic acids is 1. The lowest BCUT2D eigenvalue weighted by molar-refractivity contribution is 0.0383. The predicted octanol–water partition coefficient (Wildman–Crippen LogP) is 0.899. The summed E-state index contributed by atoms with van der Waals surface area (Å²) >= 11 is 0. The number of morpholine rings is 1. The highest BCUT2D eigenvalue weighted by Gasteiger charge is 2.14. The zero-order valence-corrected chi connectivity index (χ0v) is 13.2. The van der Waals surface area contributed by atoms with Crippen LogP contribution < -0.4 is 10.7 Å². The number of H-pyrrole nitrogens is 1. The Balaban J connectivity index is 1.68. The highest BCUT2D eigenvalue weighted by Crippen LogP contribution is 2.10. The summed E-state index contributed by atoms with van der Waals surface area (Å²) in [6.45, 7) is 6.43. The molecule has 0 spiro atoms. The van der Waals surface area contributed by atoms with E-state index in [0.717, 1.165) is 43.9 Å². The molecule has 1 saturated heterocycles. The normalized spacial score (nSPS) is 15.7. The molecule has 2 aromatic rings. The Kier molecular flexibility index (Phi) is 4.73. The molecule has 1 aromatic carbocycles. The maximum atomic E-state index is 12.5. The number of rotatable bonds is 4. The lowest BCUT2D eigenvalue weighted by atomic mass is 10.1. The number of fused-ring (bicyclic) bond motifs is 1. The van der Waals surface area contributed by atoms with Gasteiger partial charge in [0.05, 0.1) is 13.2 Å². The van der Waals surface area contributed by atoms with Crippen molar-refractivity contribution < 1.29 is 9.53 Å². The standard InChI is InChI=1S/C17H21N3O3/c1-12-2-3-15-13(10-12)16(21)14(11-19-15)17(22)18-4-5-20-6-8-23-9-7-20/h2-3,10-11H,4-9H2,1H3,(H,18,22)(H,19,21). The molecular formula is C17H21N3O3. The minimum absolute atomic E-state index is 0.157. The first-order valence-electron chi connectivity index (χ1n) is 7.85. The van der Waals surface area contributed by atoms with Gasteiger partial charge in [-0.2, -0.15) is 0 Å². The van der Waals surface area contributed by atoms with Crippen LogP contribution in [0.5, 0.6) is 0 Å². The van der Waals surface area contributed by atoms with Crippen molar-refractivity contribution in [2.75, 3.05) is 39.4 Å². The quantitative estimate of drug-likeness (QED) is 0.879. The van der Waals surface area contributed by atoms with E-state index in [4.69, 9.17) is 4.74 Å². The fraction of sp³-hybridized carbons (Fsp3) is 0.412. The van der Waals surface area contributed by atoms with Crippen LogP contribution in [0.3, 0.4) is 0 Å². The minimum Gasteiger partial charge on any atom is -0.379 e. The van der Waals surface area contributed by atoms with E-state index >= 15 is 0 Å². The topological polar surface area (TPSA) is 74.4 Å². The van der Waals surface area contributed by atoms with E-state index in [2.05, 4.69) is 15.2 Å². The van der Waals surface area contributed by atoms with Crippen molar-refractivity contribution in [3.8, 4) is 0 Å². The molecule has 3 rings (SSSR count). The van der Waals surface area contributed by atoms with Crippen LogP contribution in [0, 0.1) is 6.92 Å². The second-order valence-corrected chi connectivity index (χ2v) is 5.79. The predicted molar refractivity (Wildman–Crippen MR) is 88.9 cm³/mol. The van der Waals surface area contributed by atoms with Gasteiger partial charge in [-0.05, 0) is 19.1 Å². The highest BCUT2D eigenvalue weighted by atomic mass is 16.5. The minimum atomic E-state index is -0.331. The fourth-order valence-corrected chi connectivity index (χ4v) is 2.75. The molecule has 0 radical (unpaired) electrons. The Morgan fingerprint density at radius 3 is 2.91 bits per heavy atom. The molecule has 6 heteroatoms. The van der Waals surface area contributed by atoms with Crippen LogP contribution in [-0.4, -0.2) is 55.2 Å². The highest BCUT2D eigenvalue weighted by molar-refractivity contribution is 5.97. The lowest BCUT2D eigenvalue weighted by Crippen LogP contribution is -2.41. The molecule has 1 aromatic heterocycles. The van der Waals surface area contributed by atoms with Crippen LogP contribution >= 0.6 is 0 Å². The average Bonchev–Trinajstić information content (AvgIpc) is 2.56. The zero-order valence-electron chi connectivity index (χ0n) is 13.2. The molecule has 1 fully saturated rings. The largest absolute Gasteiger partial charge is 0.379 e. The molecule has 2 N–H and O–H groups in total. The summed E-state index contributed by atoms with van der Waals surface area (Å²) in [6.07, 6.45) is 1.49. The number of hydrogen-bond acceptors (Lipinski definition) is 4. The molecule has 122 valence electrons. The molecule has 6 nitrogen and oxygen atoms in total. The van der Waals surface area contributed by atoms with E-state index in [1.807, 2.05) is 19.1 Å². The molecule has 1 aliphatic heterocycles. The smallest absolute Gasteiger partial charge is 0.256 e. The summed E-state index contributed by atoms with van der Waals surface area (Å²) < 4.78 is 5.29. The Hall–Kier alpha value is -2.18. The lowest BCUT2D eigenvalue weighted by Gasteiger charge is -2.26. The number of carbonyl (C=O) groups is 1. The number of nitrogens with one attached hydrogen (secondary N) is 2. The SMILES string of the molecule is Cc1ccc2[nH]cc(C(=O)NCCN3CCOCC3)c(=O)c2c1. The van der Waals surface area contributed by atoms with Gasteiger partial charge in [0.2, 0.25) is 5.43 Å². The van der Waals surface area contributed by atoms with E-state index in [9.17, 15) is 9.59 Å². The molecule has 0 bridgehead atoms. The Bertz CT molecular complexity index is 763. The van der Waals surface area contributed by atoms with Gasteiger partial charge >= 0.3 is 0 Å². The summed E-state index contributed by atoms with van der Waals surface area (Å²) in [4.78, 5) is 30.0. The second-order valence-electron chi connectivity index (χ2n) is 5.79.